The van der Waals surface area contributed by atoms with Crippen LogP contribution in [-0.4, -0.2) is 30.0 Å². The van der Waals surface area contributed by atoms with E-state index in [0.29, 0.717) is 33.2 Å². The molecule has 0 N–H and O–H groups in total. The number of halogens is 1. The maximum absolute atomic E-state index is 14.2. The molecule has 0 saturated heterocycles. The first-order valence-corrected chi connectivity index (χ1v) is 9.96. The zero-order valence-electron chi connectivity index (χ0n) is 16.1. The second-order valence-electron chi connectivity index (χ2n) is 6.80. The molecule has 0 bridgehead atoms. The average molecular weight is 418 g/mol. The van der Waals surface area contributed by atoms with Crippen LogP contribution in [0.15, 0.2) is 69.3 Å². The molecule has 0 spiro atoms. The molecule has 3 aromatic heterocycles. The number of hydrogen-bond donors (Lipinski definition) is 0. The summed E-state index contributed by atoms with van der Waals surface area (Å²) in [6, 6.07) is 16.0. The Hall–Kier alpha value is -3.59. The van der Waals surface area contributed by atoms with Gasteiger partial charge in [0.25, 0.3) is 5.22 Å². The molecular weight excluding hydrogens is 403 g/mol. The van der Waals surface area contributed by atoms with Crippen LogP contribution in [0.25, 0.3) is 28.5 Å². The minimum absolute atomic E-state index is 0.326. The van der Waals surface area contributed by atoms with E-state index in [9.17, 15) is 4.39 Å². The summed E-state index contributed by atoms with van der Waals surface area (Å²) in [4.78, 5) is 0. The maximum Gasteiger partial charge on any atom is 0.283 e. The van der Waals surface area contributed by atoms with Gasteiger partial charge < -0.3 is 4.42 Å². The molecule has 0 aliphatic rings. The maximum atomic E-state index is 14.2. The summed E-state index contributed by atoms with van der Waals surface area (Å²) in [5.41, 5.74) is 3.96. The number of fused-ring (bicyclic) bond motifs is 1. The van der Waals surface area contributed by atoms with Crippen LogP contribution in [-0.2, 0) is 0 Å². The van der Waals surface area contributed by atoms with Crippen molar-refractivity contribution in [2.24, 2.45) is 0 Å². The van der Waals surface area contributed by atoms with Crippen molar-refractivity contribution in [1.82, 2.24) is 30.0 Å². The van der Waals surface area contributed by atoms with Crippen molar-refractivity contribution in [1.29, 1.82) is 0 Å². The standard InChI is InChI=1S/C21H15FN6OS/c1-12-9-13(2)11-14(10-12)20-25-26-21(29-20)30-18-8-7-17-23-24-19(28(17)27-18)15-5-3-4-6-16(15)22/h3-11H,1-2H3. The predicted molar refractivity (Wildman–Crippen MR) is 110 cm³/mol. The zero-order valence-corrected chi connectivity index (χ0v) is 16.9. The summed E-state index contributed by atoms with van der Waals surface area (Å²) in [7, 11) is 0. The number of aromatic nitrogens is 6. The fourth-order valence-corrected chi connectivity index (χ4v) is 3.83. The Kier molecular flexibility index (Phi) is 4.51. The van der Waals surface area contributed by atoms with Crippen molar-refractivity contribution in [3.63, 3.8) is 0 Å². The Bertz CT molecular complexity index is 1360. The van der Waals surface area contributed by atoms with Crippen molar-refractivity contribution >= 4 is 17.4 Å². The van der Waals surface area contributed by atoms with E-state index in [1.807, 2.05) is 26.0 Å². The first kappa shape index (κ1) is 18.4. The minimum Gasteiger partial charge on any atom is -0.411 e. The van der Waals surface area contributed by atoms with Gasteiger partial charge in [-0.2, -0.15) is 9.61 Å². The van der Waals surface area contributed by atoms with Crippen LogP contribution in [0, 0.1) is 19.7 Å². The van der Waals surface area contributed by atoms with Crippen LogP contribution in [0.2, 0.25) is 0 Å². The van der Waals surface area contributed by atoms with Crippen molar-refractivity contribution in [2.75, 3.05) is 0 Å². The molecule has 2 aromatic carbocycles. The van der Waals surface area contributed by atoms with E-state index in [1.165, 1.54) is 22.3 Å². The van der Waals surface area contributed by atoms with Crippen molar-refractivity contribution in [2.45, 2.75) is 24.1 Å². The van der Waals surface area contributed by atoms with Gasteiger partial charge in [-0.3, -0.25) is 0 Å². The molecule has 0 unspecified atom stereocenters. The summed E-state index contributed by atoms with van der Waals surface area (Å²) in [6.07, 6.45) is 0. The second kappa shape index (κ2) is 7.34. The lowest BCUT2D eigenvalue weighted by Gasteiger charge is -2.02. The minimum atomic E-state index is -0.387. The van der Waals surface area contributed by atoms with Gasteiger partial charge in [0.05, 0.1) is 5.56 Å². The van der Waals surface area contributed by atoms with Gasteiger partial charge in [0.1, 0.15) is 10.8 Å². The van der Waals surface area contributed by atoms with Crippen molar-refractivity contribution in [3.8, 4) is 22.8 Å². The summed E-state index contributed by atoms with van der Waals surface area (Å²) >= 11 is 1.22. The third-order valence-electron chi connectivity index (χ3n) is 4.42. The molecule has 5 rings (SSSR count). The molecule has 0 saturated carbocycles. The lowest BCUT2D eigenvalue weighted by Crippen LogP contribution is -1.97. The summed E-state index contributed by atoms with van der Waals surface area (Å²) in [6.45, 7) is 4.04. The van der Waals surface area contributed by atoms with Crippen LogP contribution in [0.5, 0.6) is 0 Å². The van der Waals surface area contributed by atoms with E-state index in [-0.39, 0.29) is 5.82 Å². The lowest BCUT2D eigenvalue weighted by atomic mass is 10.1. The van der Waals surface area contributed by atoms with Gasteiger partial charge in [0.2, 0.25) is 5.89 Å². The molecule has 7 nitrogen and oxygen atoms in total. The van der Waals surface area contributed by atoms with E-state index in [4.69, 9.17) is 4.42 Å². The highest BCUT2D eigenvalue weighted by molar-refractivity contribution is 7.99. The highest BCUT2D eigenvalue weighted by atomic mass is 32.2. The zero-order chi connectivity index (χ0) is 20.7. The molecule has 0 atom stereocenters. The topological polar surface area (TPSA) is 82.0 Å². The van der Waals surface area contributed by atoms with E-state index in [2.05, 4.69) is 31.6 Å². The molecule has 3 heterocycles. The molecule has 30 heavy (non-hydrogen) atoms. The van der Waals surface area contributed by atoms with E-state index in [1.54, 1.807) is 30.3 Å². The van der Waals surface area contributed by atoms with Gasteiger partial charge >= 0.3 is 0 Å². The smallest absolute Gasteiger partial charge is 0.283 e. The summed E-state index contributed by atoms with van der Waals surface area (Å²) in [5, 5.41) is 21.9. The Balaban J connectivity index is 1.47. The van der Waals surface area contributed by atoms with Gasteiger partial charge in [-0.25, -0.2) is 4.39 Å². The van der Waals surface area contributed by atoms with Crippen LogP contribution >= 0.6 is 11.8 Å². The molecule has 0 aliphatic heterocycles. The molecule has 5 aromatic rings. The highest BCUT2D eigenvalue weighted by Gasteiger charge is 2.16. The average Bonchev–Trinajstić information content (AvgIpc) is 3.35. The lowest BCUT2D eigenvalue weighted by molar-refractivity contribution is 0.465. The second-order valence-corrected chi connectivity index (χ2v) is 7.77. The van der Waals surface area contributed by atoms with Crippen LogP contribution in [0.1, 0.15) is 11.1 Å². The summed E-state index contributed by atoms with van der Waals surface area (Å²) in [5.74, 6) is 0.385. The monoisotopic (exact) mass is 418 g/mol. The van der Waals surface area contributed by atoms with Crippen LogP contribution in [0.3, 0.4) is 0 Å². The Labute approximate surface area is 175 Å². The third-order valence-corrected chi connectivity index (χ3v) is 5.19. The van der Waals surface area contributed by atoms with Gasteiger partial charge in [0, 0.05) is 5.56 Å². The van der Waals surface area contributed by atoms with Crippen molar-refractivity contribution < 1.29 is 8.81 Å². The van der Waals surface area contributed by atoms with Crippen LogP contribution in [0.4, 0.5) is 4.39 Å². The van der Waals surface area contributed by atoms with Gasteiger partial charge in [-0.1, -0.05) is 29.3 Å². The van der Waals surface area contributed by atoms with Gasteiger partial charge in [-0.15, -0.1) is 20.4 Å². The normalized spacial score (nSPS) is 11.3. The highest BCUT2D eigenvalue weighted by Crippen LogP contribution is 2.29. The molecule has 0 amide bonds. The quantitative estimate of drug-likeness (QED) is 0.417. The first-order valence-electron chi connectivity index (χ1n) is 9.14. The van der Waals surface area contributed by atoms with Crippen molar-refractivity contribution in [3.05, 3.63) is 71.5 Å². The molecule has 9 heteroatoms. The Morgan fingerprint density at radius 2 is 1.70 bits per heavy atom. The number of benzene rings is 2. The molecule has 148 valence electrons. The fourth-order valence-electron chi connectivity index (χ4n) is 3.19. The fraction of sp³-hybridized carbons (Fsp3) is 0.0952. The first-order chi connectivity index (χ1) is 14.6. The Morgan fingerprint density at radius 3 is 2.50 bits per heavy atom. The van der Waals surface area contributed by atoms with Gasteiger partial charge in [-0.05, 0) is 62.0 Å². The number of hydrogen-bond acceptors (Lipinski definition) is 7. The van der Waals surface area contributed by atoms with E-state index >= 15 is 0 Å². The predicted octanol–water partition coefficient (Wildman–Crippen LogP) is 4.75. The third kappa shape index (κ3) is 3.43. The van der Waals surface area contributed by atoms with Gasteiger partial charge in [0.15, 0.2) is 11.5 Å². The summed E-state index contributed by atoms with van der Waals surface area (Å²) < 4.78 is 21.5. The Morgan fingerprint density at radius 1 is 0.900 bits per heavy atom. The molecule has 0 aliphatic carbocycles. The number of aryl methyl sites for hydroxylation is 2. The number of nitrogens with zero attached hydrogens (tertiary/aromatic N) is 6. The molecule has 0 radical (unpaired) electrons. The van der Waals surface area contributed by atoms with E-state index in [0.717, 1.165) is 16.7 Å². The number of rotatable bonds is 4. The molecule has 0 fully saturated rings. The van der Waals surface area contributed by atoms with Crippen LogP contribution < -0.4 is 0 Å². The van der Waals surface area contributed by atoms with E-state index < -0.39 is 0 Å². The molecular formula is C21H15FN6OS. The SMILES string of the molecule is Cc1cc(C)cc(-c2nnc(Sc3ccc4nnc(-c5ccccc5F)n4n3)o2)c1. The largest absolute Gasteiger partial charge is 0.411 e.